The number of carboxylic acids is 1. The third kappa shape index (κ3) is 5.72. The Balaban J connectivity index is 2.42. The van der Waals surface area contributed by atoms with Crippen LogP contribution in [-0.2, 0) is 16.1 Å². The maximum absolute atomic E-state index is 11.5. The molecule has 0 bridgehead atoms. The molecule has 0 saturated carbocycles. The lowest BCUT2D eigenvalue weighted by Crippen LogP contribution is -2.40. The van der Waals surface area contributed by atoms with E-state index in [0.717, 1.165) is 5.56 Å². The second-order valence-corrected chi connectivity index (χ2v) is 3.90. The van der Waals surface area contributed by atoms with Gasteiger partial charge in [0.15, 0.2) is 0 Å². The number of rotatable bonds is 6. The first-order chi connectivity index (χ1) is 9.13. The molecule has 102 valence electrons. The summed E-state index contributed by atoms with van der Waals surface area (Å²) >= 11 is 0. The molecule has 19 heavy (non-hydrogen) atoms. The number of carbonyl (C=O) groups excluding carboxylic acids is 1. The Bertz CT molecular complexity index is 442. The third-order valence-corrected chi connectivity index (χ3v) is 2.41. The highest BCUT2D eigenvalue weighted by Crippen LogP contribution is 2.01. The standard InChI is InChI=1S/C14H17NO4/c1-2-3-9-12(13(16)17)15-14(18)19-10-11-7-5-4-6-8-11/h2-8,12H,9-10H2,1H3,(H,15,18)(H,16,17). The Morgan fingerprint density at radius 2 is 2.05 bits per heavy atom. The Morgan fingerprint density at radius 1 is 1.37 bits per heavy atom. The van der Waals surface area contributed by atoms with Crippen molar-refractivity contribution in [1.29, 1.82) is 0 Å². The van der Waals surface area contributed by atoms with Gasteiger partial charge in [0, 0.05) is 0 Å². The van der Waals surface area contributed by atoms with Crippen LogP contribution in [0.25, 0.3) is 0 Å². The van der Waals surface area contributed by atoms with Gasteiger partial charge in [0.2, 0.25) is 0 Å². The van der Waals surface area contributed by atoms with E-state index in [1.165, 1.54) is 0 Å². The smallest absolute Gasteiger partial charge is 0.408 e. The molecule has 1 aromatic carbocycles. The average Bonchev–Trinajstić information content (AvgIpc) is 2.42. The number of alkyl carbamates (subject to hydrolysis) is 1. The fraction of sp³-hybridized carbons (Fsp3) is 0.286. The largest absolute Gasteiger partial charge is 0.480 e. The zero-order chi connectivity index (χ0) is 14.1. The maximum Gasteiger partial charge on any atom is 0.408 e. The number of carboxylic acid groups (broad SMARTS) is 1. The first-order valence-electron chi connectivity index (χ1n) is 5.94. The summed E-state index contributed by atoms with van der Waals surface area (Å²) in [6.07, 6.45) is 2.90. The minimum Gasteiger partial charge on any atom is -0.480 e. The third-order valence-electron chi connectivity index (χ3n) is 2.41. The number of hydrogen-bond donors (Lipinski definition) is 2. The lowest BCUT2D eigenvalue weighted by atomic mass is 10.2. The minimum absolute atomic E-state index is 0.114. The van der Waals surface area contributed by atoms with E-state index in [9.17, 15) is 9.59 Å². The summed E-state index contributed by atoms with van der Waals surface area (Å²) in [4.78, 5) is 22.4. The molecule has 1 rings (SSSR count). The van der Waals surface area contributed by atoms with Crippen LogP contribution in [0.2, 0.25) is 0 Å². The van der Waals surface area contributed by atoms with Crippen LogP contribution < -0.4 is 5.32 Å². The van der Waals surface area contributed by atoms with Crippen LogP contribution in [-0.4, -0.2) is 23.2 Å². The van der Waals surface area contributed by atoms with Crippen LogP contribution >= 0.6 is 0 Å². The molecule has 0 aromatic heterocycles. The summed E-state index contributed by atoms with van der Waals surface area (Å²) in [6, 6.07) is 8.20. The molecule has 0 aliphatic rings. The van der Waals surface area contributed by atoms with Gasteiger partial charge >= 0.3 is 12.1 Å². The Morgan fingerprint density at radius 3 is 2.63 bits per heavy atom. The molecule has 0 radical (unpaired) electrons. The second-order valence-electron chi connectivity index (χ2n) is 3.90. The van der Waals surface area contributed by atoms with Gasteiger partial charge in [0.1, 0.15) is 12.6 Å². The number of hydrogen-bond acceptors (Lipinski definition) is 3. The zero-order valence-corrected chi connectivity index (χ0v) is 10.7. The van der Waals surface area contributed by atoms with Crippen molar-refractivity contribution in [3.05, 3.63) is 48.0 Å². The van der Waals surface area contributed by atoms with Crippen molar-refractivity contribution in [1.82, 2.24) is 5.32 Å². The van der Waals surface area contributed by atoms with Crippen molar-refractivity contribution >= 4 is 12.1 Å². The van der Waals surface area contributed by atoms with Crippen molar-refractivity contribution in [2.24, 2.45) is 0 Å². The summed E-state index contributed by atoms with van der Waals surface area (Å²) in [7, 11) is 0. The topological polar surface area (TPSA) is 75.6 Å². The highest BCUT2D eigenvalue weighted by atomic mass is 16.5. The van der Waals surface area contributed by atoms with Gasteiger partial charge in [-0.15, -0.1) is 0 Å². The average molecular weight is 263 g/mol. The zero-order valence-electron chi connectivity index (χ0n) is 10.7. The number of ether oxygens (including phenoxy) is 1. The van der Waals surface area contributed by atoms with E-state index >= 15 is 0 Å². The predicted molar refractivity (Wildman–Crippen MR) is 70.6 cm³/mol. The van der Waals surface area contributed by atoms with Gasteiger partial charge in [0.05, 0.1) is 0 Å². The van der Waals surface area contributed by atoms with Gasteiger partial charge in [-0.1, -0.05) is 42.5 Å². The number of allylic oxidation sites excluding steroid dienone is 1. The van der Waals surface area contributed by atoms with Gasteiger partial charge < -0.3 is 15.2 Å². The van der Waals surface area contributed by atoms with E-state index in [-0.39, 0.29) is 13.0 Å². The van der Waals surface area contributed by atoms with Crippen LogP contribution in [0, 0.1) is 0 Å². The second kappa shape index (κ2) is 7.92. The number of amides is 1. The van der Waals surface area contributed by atoms with Crippen molar-refractivity contribution in [3.8, 4) is 0 Å². The van der Waals surface area contributed by atoms with Gasteiger partial charge in [-0.25, -0.2) is 9.59 Å². The highest BCUT2D eigenvalue weighted by molar-refractivity contribution is 5.80. The van der Waals surface area contributed by atoms with Crippen molar-refractivity contribution < 1.29 is 19.4 Å². The normalized spacial score (nSPS) is 12.1. The SMILES string of the molecule is CC=CCC(NC(=O)OCc1ccccc1)C(=O)O. The van der Waals surface area contributed by atoms with Crippen molar-refractivity contribution in [2.45, 2.75) is 26.0 Å². The molecule has 0 aliphatic carbocycles. The molecule has 2 N–H and O–H groups in total. The molecule has 5 nitrogen and oxygen atoms in total. The highest BCUT2D eigenvalue weighted by Gasteiger charge is 2.18. The quantitative estimate of drug-likeness (QED) is 0.772. The minimum atomic E-state index is -1.09. The van der Waals surface area contributed by atoms with Crippen molar-refractivity contribution in [3.63, 3.8) is 0 Å². The molecule has 5 heteroatoms. The number of aliphatic carboxylic acids is 1. The Hall–Kier alpha value is -2.30. The molecule has 0 fully saturated rings. The molecular formula is C14H17NO4. The van der Waals surface area contributed by atoms with E-state index in [1.807, 2.05) is 30.3 Å². The van der Waals surface area contributed by atoms with Gasteiger partial charge in [0.25, 0.3) is 0 Å². The van der Waals surface area contributed by atoms with Crippen LogP contribution in [0.1, 0.15) is 18.9 Å². The Labute approximate surface area is 111 Å². The molecular weight excluding hydrogens is 246 g/mol. The molecule has 1 aromatic rings. The number of nitrogens with one attached hydrogen (secondary N) is 1. The molecule has 1 amide bonds. The lowest BCUT2D eigenvalue weighted by molar-refractivity contribution is -0.139. The lowest BCUT2D eigenvalue weighted by Gasteiger charge is -2.12. The van der Waals surface area contributed by atoms with Crippen LogP contribution in [0.4, 0.5) is 4.79 Å². The predicted octanol–water partition coefficient (Wildman–Crippen LogP) is 2.33. The van der Waals surface area contributed by atoms with Crippen molar-refractivity contribution in [2.75, 3.05) is 0 Å². The summed E-state index contributed by atoms with van der Waals surface area (Å²) in [5.41, 5.74) is 0.845. The summed E-state index contributed by atoms with van der Waals surface area (Å²) in [6.45, 7) is 1.90. The number of benzene rings is 1. The van der Waals surface area contributed by atoms with E-state index in [0.29, 0.717) is 0 Å². The molecule has 0 spiro atoms. The molecule has 1 atom stereocenters. The first-order valence-corrected chi connectivity index (χ1v) is 5.94. The van der Waals surface area contributed by atoms with Gasteiger partial charge in [-0.3, -0.25) is 0 Å². The van der Waals surface area contributed by atoms with E-state index < -0.39 is 18.1 Å². The summed E-state index contributed by atoms with van der Waals surface area (Å²) < 4.78 is 4.95. The van der Waals surface area contributed by atoms with Crippen LogP contribution in [0.3, 0.4) is 0 Å². The molecule has 1 unspecified atom stereocenters. The van der Waals surface area contributed by atoms with E-state index in [1.54, 1.807) is 19.1 Å². The fourth-order valence-electron chi connectivity index (χ4n) is 1.40. The van der Waals surface area contributed by atoms with Gasteiger partial charge in [-0.05, 0) is 18.9 Å². The molecule has 0 aliphatic heterocycles. The van der Waals surface area contributed by atoms with Crippen LogP contribution in [0.5, 0.6) is 0 Å². The first kappa shape index (κ1) is 14.8. The van der Waals surface area contributed by atoms with E-state index in [2.05, 4.69) is 5.32 Å². The molecule has 0 heterocycles. The fourth-order valence-corrected chi connectivity index (χ4v) is 1.40. The monoisotopic (exact) mass is 263 g/mol. The molecule has 0 saturated heterocycles. The van der Waals surface area contributed by atoms with Gasteiger partial charge in [-0.2, -0.15) is 0 Å². The maximum atomic E-state index is 11.5. The van der Waals surface area contributed by atoms with Crippen LogP contribution in [0.15, 0.2) is 42.5 Å². The summed E-state index contributed by atoms with van der Waals surface area (Å²) in [5.74, 6) is -1.09. The number of carbonyl (C=O) groups is 2. The summed E-state index contributed by atoms with van der Waals surface area (Å²) in [5, 5.41) is 11.2. The Kier molecular flexibility index (Phi) is 6.15. The van der Waals surface area contributed by atoms with E-state index in [4.69, 9.17) is 9.84 Å².